The van der Waals surface area contributed by atoms with E-state index >= 15 is 0 Å². The Hall–Kier alpha value is -2.73. The maximum Gasteiger partial charge on any atom is 0.223 e. The number of hydrogen-bond donors (Lipinski definition) is 2. The number of anilines is 1. The molecule has 2 atom stereocenters. The van der Waals surface area contributed by atoms with Crippen LogP contribution in [0.4, 0.5) is 5.95 Å². The van der Waals surface area contributed by atoms with Crippen LogP contribution in [0.2, 0.25) is 0 Å². The zero-order valence-corrected chi connectivity index (χ0v) is 17.7. The van der Waals surface area contributed by atoms with Gasteiger partial charge in [-0.2, -0.15) is 0 Å². The van der Waals surface area contributed by atoms with Gasteiger partial charge in [0.15, 0.2) is 0 Å². The Morgan fingerprint density at radius 3 is 2.87 bits per heavy atom. The molecule has 1 saturated carbocycles. The van der Waals surface area contributed by atoms with Crippen molar-refractivity contribution >= 4 is 16.9 Å². The standard InChI is InChI=1S/C24H29N5O/c1-24(2)9-10-30-21-11-15(7-8-18(21)24)17-14-26-12-16-13-27-23(29-22(16)17)28-20-6-4-3-5-19(20)25/h7-8,11-14,19-20H,3-6,9-10,25H2,1-2H3,(H,27,28,29)/t19-,20+/m1/s1. The van der Waals surface area contributed by atoms with Crippen molar-refractivity contribution in [2.75, 3.05) is 11.9 Å². The van der Waals surface area contributed by atoms with E-state index in [1.54, 1.807) is 0 Å². The number of nitrogens with zero attached hydrogens (tertiary/aromatic N) is 3. The van der Waals surface area contributed by atoms with E-state index in [9.17, 15) is 0 Å². The van der Waals surface area contributed by atoms with Crippen LogP contribution >= 0.6 is 0 Å². The first-order valence-electron chi connectivity index (χ1n) is 10.9. The lowest BCUT2D eigenvalue weighted by Crippen LogP contribution is -2.42. The van der Waals surface area contributed by atoms with E-state index in [1.165, 1.54) is 18.4 Å². The van der Waals surface area contributed by atoms with Crippen molar-refractivity contribution in [3.63, 3.8) is 0 Å². The lowest BCUT2D eigenvalue weighted by atomic mass is 9.79. The van der Waals surface area contributed by atoms with Gasteiger partial charge < -0.3 is 15.8 Å². The molecule has 6 heteroatoms. The number of nitrogens with one attached hydrogen (secondary N) is 1. The number of benzene rings is 1. The first-order chi connectivity index (χ1) is 14.5. The molecule has 1 aliphatic heterocycles. The fourth-order valence-corrected chi connectivity index (χ4v) is 4.66. The normalized spacial score (nSPS) is 22.9. The van der Waals surface area contributed by atoms with Crippen LogP contribution < -0.4 is 15.8 Å². The summed E-state index contributed by atoms with van der Waals surface area (Å²) in [6, 6.07) is 6.83. The van der Waals surface area contributed by atoms with E-state index < -0.39 is 0 Å². The fourth-order valence-electron chi connectivity index (χ4n) is 4.66. The summed E-state index contributed by atoms with van der Waals surface area (Å²) in [5.41, 5.74) is 10.6. The van der Waals surface area contributed by atoms with Gasteiger partial charge in [0, 0.05) is 41.6 Å². The monoisotopic (exact) mass is 403 g/mol. The number of ether oxygens (including phenoxy) is 1. The number of hydrogen-bond acceptors (Lipinski definition) is 6. The first kappa shape index (κ1) is 19.2. The zero-order chi connectivity index (χ0) is 20.7. The van der Waals surface area contributed by atoms with Crippen molar-refractivity contribution in [2.45, 2.75) is 63.5 Å². The number of aromatic nitrogens is 3. The number of fused-ring (bicyclic) bond motifs is 2. The van der Waals surface area contributed by atoms with Crippen LogP contribution in [0, 0.1) is 0 Å². The van der Waals surface area contributed by atoms with Crippen LogP contribution in [0.25, 0.3) is 22.0 Å². The quantitative estimate of drug-likeness (QED) is 0.673. The summed E-state index contributed by atoms with van der Waals surface area (Å²) in [7, 11) is 0. The average Bonchev–Trinajstić information content (AvgIpc) is 2.74. The minimum Gasteiger partial charge on any atom is -0.493 e. The highest BCUT2D eigenvalue weighted by Gasteiger charge is 2.29. The molecule has 5 rings (SSSR count). The van der Waals surface area contributed by atoms with Gasteiger partial charge in [-0.15, -0.1) is 0 Å². The smallest absolute Gasteiger partial charge is 0.223 e. The van der Waals surface area contributed by atoms with Gasteiger partial charge in [0.1, 0.15) is 5.75 Å². The highest BCUT2D eigenvalue weighted by Crippen LogP contribution is 2.41. The van der Waals surface area contributed by atoms with Gasteiger partial charge in [-0.25, -0.2) is 9.97 Å². The summed E-state index contributed by atoms with van der Waals surface area (Å²) in [5, 5.41) is 4.39. The van der Waals surface area contributed by atoms with Gasteiger partial charge in [0.25, 0.3) is 0 Å². The minimum atomic E-state index is 0.126. The van der Waals surface area contributed by atoms with Crippen LogP contribution in [0.3, 0.4) is 0 Å². The van der Waals surface area contributed by atoms with Crippen LogP contribution in [0.15, 0.2) is 36.8 Å². The summed E-state index contributed by atoms with van der Waals surface area (Å²) < 4.78 is 5.99. The molecule has 2 aromatic heterocycles. The number of pyridine rings is 1. The first-order valence-corrected chi connectivity index (χ1v) is 10.9. The Morgan fingerprint density at radius 2 is 2.00 bits per heavy atom. The Kier molecular flexibility index (Phi) is 4.82. The summed E-state index contributed by atoms with van der Waals surface area (Å²) in [6.07, 6.45) is 11.1. The molecule has 3 heterocycles. The van der Waals surface area contributed by atoms with Crippen LogP contribution in [0.5, 0.6) is 5.75 Å². The molecule has 0 amide bonds. The van der Waals surface area contributed by atoms with Crippen molar-refractivity contribution in [2.24, 2.45) is 5.73 Å². The topological polar surface area (TPSA) is 86.0 Å². The van der Waals surface area contributed by atoms with Crippen LogP contribution in [0.1, 0.15) is 51.5 Å². The molecule has 0 radical (unpaired) electrons. The maximum absolute atomic E-state index is 6.31. The van der Waals surface area contributed by atoms with E-state index in [1.807, 2.05) is 18.6 Å². The highest BCUT2D eigenvalue weighted by molar-refractivity contribution is 5.93. The number of rotatable bonds is 3. The third-order valence-electron chi connectivity index (χ3n) is 6.63. The maximum atomic E-state index is 6.31. The predicted octanol–water partition coefficient (Wildman–Crippen LogP) is 4.43. The van der Waals surface area contributed by atoms with Crippen molar-refractivity contribution in [3.8, 4) is 16.9 Å². The van der Waals surface area contributed by atoms with Gasteiger partial charge in [0.05, 0.1) is 12.1 Å². The number of nitrogens with two attached hydrogens (primary N) is 1. The lowest BCUT2D eigenvalue weighted by Gasteiger charge is -2.32. The van der Waals surface area contributed by atoms with E-state index in [2.05, 4.69) is 47.3 Å². The Bertz CT molecular complexity index is 1080. The van der Waals surface area contributed by atoms with E-state index in [-0.39, 0.29) is 17.5 Å². The van der Waals surface area contributed by atoms with Crippen LogP contribution in [-0.2, 0) is 5.41 Å². The second-order valence-corrected chi connectivity index (χ2v) is 9.21. The predicted molar refractivity (Wildman–Crippen MR) is 120 cm³/mol. The minimum absolute atomic E-state index is 0.126. The third-order valence-corrected chi connectivity index (χ3v) is 6.63. The van der Waals surface area contributed by atoms with Gasteiger partial charge in [0.2, 0.25) is 5.95 Å². The Balaban J connectivity index is 1.53. The molecule has 3 aromatic rings. The molecule has 0 saturated heterocycles. The van der Waals surface area contributed by atoms with Gasteiger partial charge in [-0.1, -0.05) is 38.8 Å². The van der Waals surface area contributed by atoms with Crippen molar-refractivity contribution in [3.05, 3.63) is 42.4 Å². The van der Waals surface area contributed by atoms with Gasteiger partial charge in [-0.3, -0.25) is 4.98 Å². The third kappa shape index (κ3) is 3.49. The largest absolute Gasteiger partial charge is 0.493 e. The molecule has 1 aromatic carbocycles. The van der Waals surface area contributed by atoms with Crippen LogP contribution in [-0.4, -0.2) is 33.6 Å². The van der Waals surface area contributed by atoms with Crippen molar-refractivity contribution in [1.29, 1.82) is 0 Å². The molecular formula is C24H29N5O. The average molecular weight is 404 g/mol. The summed E-state index contributed by atoms with van der Waals surface area (Å²) in [6.45, 7) is 5.29. The zero-order valence-electron chi connectivity index (χ0n) is 17.7. The molecule has 0 unspecified atom stereocenters. The second kappa shape index (κ2) is 7.51. The molecule has 0 spiro atoms. The fraction of sp³-hybridized carbons (Fsp3) is 0.458. The van der Waals surface area contributed by atoms with E-state index in [4.69, 9.17) is 15.5 Å². The molecule has 1 aliphatic carbocycles. The molecule has 3 N–H and O–H groups in total. The van der Waals surface area contributed by atoms with Crippen molar-refractivity contribution < 1.29 is 4.74 Å². The second-order valence-electron chi connectivity index (χ2n) is 9.21. The molecule has 1 fully saturated rings. The molecule has 0 bridgehead atoms. The Labute approximate surface area is 177 Å². The molecule has 156 valence electrons. The van der Waals surface area contributed by atoms with Gasteiger partial charge >= 0.3 is 0 Å². The summed E-state index contributed by atoms with van der Waals surface area (Å²) in [4.78, 5) is 13.8. The Morgan fingerprint density at radius 1 is 1.13 bits per heavy atom. The SMILES string of the molecule is CC1(C)CCOc2cc(-c3cncc4cnc(N[C@H]5CCCC[C@H]5N)nc34)ccc21. The van der Waals surface area contributed by atoms with Crippen molar-refractivity contribution in [1.82, 2.24) is 15.0 Å². The van der Waals surface area contributed by atoms with E-state index in [0.717, 1.165) is 53.6 Å². The van der Waals surface area contributed by atoms with E-state index in [0.29, 0.717) is 5.95 Å². The molecular weight excluding hydrogens is 374 g/mol. The molecule has 30 heavy (non-hydrogen) atoms. The molecule has 6 nitrogen and oxygen atoms in total. The van der Waals surface area contributed by atoms with Gasteiger partial charge in [-0.05, 0) is 41.9 Å². The summed E-state index contributed by atoms with van der Waals surface area (Å²) in [5.74, 6) is 1.59. The highest BCUT2D eigenvalue weighted by atomic mass is 16.5. The molecule has 2 aliphatic rings. The lowest BCUT2D eigenvalue weighted by molar-refractivity contribution is 0.234. The summed E-state index contributed by atoms with van der Waals surface area (Å²) >= 11 is 0.